The highest BCUT2D eigenvalue weighted by atomic mass is 79.9. The Kier molecular flexibility index (Phi) is 5.63. The van der Waals surface area contributed by atoms with Crippen molar-refractivity contribution in [1.82, 2.24) is 19.6 Å². The predicted octanol–water partition coefficient (Wildman–Crippen LogP) is 5.08. The van der Waals surface area contributed by atoms with Crippen molar-refractivity contribution in [3.8, 4) is 0 Å². The Bertz CT molecular complexity index is 1080. The molecule has 1 saturated carbocycles. The molecule has 30 heavy (non-hydrogen) atoms. The molecule has 0 atom stereocenters. The molecule has 11 heteroatoms. The largest absolute Gasteiger partial charge is 0.436 e. The van der Waals surface area contributed by atoms with E-state index in [1.165, 1.54) is 0 Å². The Balaban J connectivity index is 1.49. The van der Waals surface area contributed by atoms with E-state index in [-0.39, 0.29) is 27.8 Å². The number of hydrogen-bond acceptors (Lipinski definition) is 3. The first-order valence-corrected chi connectivity index (χ1v) is 10.3. The van der Waals surface area contributed by atoms with Gasteiger partial charge in [0.05, 0.1) is 16.7 Å². The second kappa shape index (κ2) is 8.07. The molecule has 0 radical (unpaired) electrons. The summed E-state index contributed by atoms with van der Waals surface area (Å²) in [5.41, 5.74) is 0.366. The van der Waals surface area contributed by atoms with Gasteiger partial charge in [-0.2, -0.15) is 23.4 Å². The minimum absolute atomic E-state index is 0.0376. The maximum Gasteiger partial charge on any atom is 0.436 e. The molecule has 1 fully saturated rings. The highest BCUT2D eigenvalue weighted by Crippen LogP contribution is 2.46. The van der Waals surface area contributed by atoms with Crippen LogP contribution in [0.2, 0.25) is 5.02 Å². The number of alkyl halides is 3. The van der Waals surface area contributed by atoms with Crippen molar-refractivity contribution in [2.45, 2.75) is 38.0 Å². The first-order chi connectivity index (χ1) is 14.2. The van der Waals surface area contributed by atoms with Gasteiger partial charge in [-0.3, -0.25) is 14.2 Å². The third-order valence-electron chi connectivity index (χ3n) is 4.62. The maximum absolute atomic E-state index is 13.2. The standard InChI is InChI=1S/C19H16BrClF3N5O/c20-15-16(12-6-7-12)29(26-17(15)19(22,23)24)10-14(30)25-18-13(21)9-28(27-18)8-11-4-2-1-3-5-11/h1-5,9,12H,6-8,10H2,(H,25,27,30). The van der Waals surface area contributed by atoms with E-state index in [0.717, 1.165) is 23.1 Å². The van der Waals surface area contributed by atoms with Gasteiger partial charge in [0.25, 0.3) is 0 Å². The fraction of sp³-hybridized carbons (Fsp3) is 0.316. The van der Waals surface area contributed by atoms with Crippen LogP contribution < -0.4 is 5.32 Å². The average Bonchev–Trinajstić information content (AvgIpc) is 3.36. The Morgan fingerprint density at radius 3 is 2.57 bits per heavy atom. The third-order valence-corrected chi connectivity index (χ3v) is 5.68. The van der Waals surface area contributed by atoms with Crippen LogP contribution in [-0.2, 0) is 24.1 Å². The smallest absolute Gasteiger partial charge is 0.306 e. The van der Waals surface area contributed by atoms with E-state index in [9.17, 15) is 18.0 Å². The topological polar surface area (TPSA) is 64.7 Å². The van der Waals surface area contributed by atoms with Crippen molar-refractivity contribution < 1.29 is 18.0 Å². The molecule has 2 aromatic heterocycles. The van der Waals surface area contributed by atoms with E-state index < -0.39 is 17.8 Å². The van der Waals surface area contributed by atoms with Crippen molar-refractivity contribution in [3.63, 3.8) is 0 Å². The van der Waals surface area contributed by atoms with Crippen LogP contribution >= 0.6 is 27.5 Å². The van der Waals surface area contributed by atoms with Gasteiger partial charge >= 0.3 is 6.18 Å². The van der Waals surface area contributed by atoms with E-state index in [0.29, 0.717) is 12.2 Å². The van der Waals surface area contributed by atoms with E-state index in [1.54, 1.807) is 10.9 Å². The SMILES string of the molecule is O=C(Cn1nc(C(F)(F)F)c(Br)c1C1CC1)Nc1nn(Cc2ccccc2)cc1Cl. The third kappa shape index (κ3) is 4.54. The molecule has 4 rings (SSSR count). The van der Waals surface area contributed by atoms with Crippen LogP contribution in [0.1, 0.15) is 35.7 Å². The van der Waals surface area contributed by atoms with E-state index in [2.05, 4.69) is 31.4 Å². The number of nitrogens with zero attached hydrogens (tertiary/aromatic N) is 4. The number of aromatic nitrogens is 4. The summed E-state index contributed by atoms with van der Waals surface area (Å²) < 4.78 is 42.2. The molecule has 0 spiro atoms. The highest BCUT2D eigenvalue weighted by molar-refractivity contribution is 9.10. The molecule has 1 aromatic carbocycles. The zero-order valence-electron chi connectivity index (χ0n) is 15.5. The fourth-order valence-electron chi connectivity index (χ4n) is 3.14. The van der Waals surface area contributed by atoms with Gasteiger partial charge in [0.1, 0.15) is 11.6 Å². The number of benzene rings is 1. The summed E-state index contributed by atoms with van der Waals surface area (Å²) >= 11 is 9.17. The molecule has 0 unspecified atom stereocenters. The maximum atomic E-state index is 13.2. The number of anilines is 1. The van der Waals surface area contributed by atoms with Gasteiger partial charge in [0.2, 0.25) is 5.91 Å². The normalized spacial score (nSPS) is 14.2. The van der Waals surface area contributed by atoms with Gasteiger partial charge in [-0.1, -0.05) is 41.9 Å². The molecule has 1 aliphatic carbocycles. The molecule has 0 bridgehead atoms. The second-order valence-electron chi connectivity index (χ2n) is 7.03. The van der Waals surface area contributed by atoms with Crippen molar-refractivity contribution in [2.75, 3.05) is 5.32 Å². The average molecular weight is 503 g/mol. The van der Waals surface area contributed by atoms with Crippen LogP contribution in [0.3, 0.4) is 0 Å². The van der Waals surface area contributed by atoms with Crippen LogP contribution in [0.15, 0.2) is 41.0 Å². The Labute approximate surface area is 183 Å². The van der Waals surface area contributed by atoms with Crippen molar-refractivity contribution >= 4 is 39.3 Å². The number of amides is 1. The Morgan fingerprint density at radius 1 is 1.23 bits per heavy atom. The van der Waals surface area contributed by atoms with E-state index in [4.69, 9.17) is 11.6 Å². The Hall–Kier alpha value is -2.33. The van der Waals surface area contributed by atoms with Gasteiger partial charge < -0.3 is 5.32 Å². The summed E-state index contributed by atoms with van der Waals surface area (Å²) in [7, 11) is 0. The molecule has 3 aromatic rings. The minimum Gasteiger partial charge on any atom is -0.306 e. The zero-order valence-corrected chi connectivity index (χ0v) is 17.8. The predicted molar refractivity (Wildman–Crippen MR) is 108 cm³/mol. The molecule has 0 aliphatic heterocycles. The Morgan fingerprint density at radius 2 is 1.93 bits per heavy atom. The zero-order chi connectivity index (χ0) is 21.5. The van der Waals surface area contributed by atoms with Crippen LogP contribution in [0, 0.1) is 0 Å². The molecule has 6 nitrogen and oxygen atoms in total. The van der Waals surface area contributed by atoms with Crippen LogP contribution in [-0.4, -0.2) is 25.5 Å². The molecule has 0 saturated heterocycles. The molecular formula is C19H16BrClF3N5O. The van der Waals surface area contributed by atoms with Crippen LogP contribution in [0.5, 0.6) is 0 Å². The lowest BCUT2D eigenvalue weighted by Crippen LogP contribution is -2.22. The first kappa shape index (κ1) is 20.9. The first-order valence-electron chi connectivity index (χ1n) is 9.12. The van der Waals surface area contributed by atoms with Gasteiger partial charge in [0.15, 0.2) is 11.5 Å². The van der Waals surface area contributed by atoms with Gasteiger partial charge in [-0.05, 0) is 34.3 Å². The molecule has 158 valence electrons. The monoisotopic (exact) mass is 501 g/mol. The molecule has 2 heterocycles. The summed E-state index contributed by atoms with van der Waals surface area (Å²) in [5, 5.41) is 10.7. The minimum atomic E-state index is -4.61. The summed E-state index contributed by atoms with van der Waals surface area (Å²) in [5.74, 6) is -0.454. The van der Waals surface area contributed by atoms with Crippen LogP contribution in [0.4, 0.5) is 19.0 Å². The molecule has 1 aliphatic rings. The van der Waals surface area contributed by atoms with Crippen LogP contribution in [0.25, 0.3) is 0 Å². The highest BCUT2D eigenvalue weighted by Gasteiger charge is 2.42. The van der Waals surface area contributed by atoms with Gasteiger partial charge in [0, 0.05) is 12.1 Å². The summed E-state index contributed by atoms with van der Waals surface area (Å²) in [6.07, 6.45) is -1.51. The summed E-state index contributed by atoms with van der Waals surface area (Å²) in [6, 6.07) is 9.57. The lowest BCUT2D eigenvalue weighted by Gasteiger charge is -2.07. The molecule has 1 amide bonds. The summed E-state index contributed by atoms with van der Waals surface area (Å²) in [4.78, 5) is 12.5. The van der Waals surface area contributed by atoms with Crippen molar-refractivity contribution in [2.24, 2.45) is 0 Å². The lowest BCUT2D eigenvalue weighted by atomic mass is 10.2. The van der Waals surface area contributed by atoms with E-state index >= 15 is 0 Å². The summed E-state index contributed by atoms with van der Waals surface area (Å²) in [6.45, 7) is 0.0890. The number of rotatable bonds is 6. The molecular weight excluding hydrogens is 487 g/mol. The lowest BCUT2D eigenvalue weighted by molar-refractivity contribution is -0.142. The van der Waals surface area contributed by atoms with Crippen molar-refractivity contribution in [3.05, 3.63) is 63.0 Å². The number of carbonyl (C=O) groups is 1. The molecule has 1 N–H and O–H groups in total. The van der Waals surface area contributed by atoms with Crippen molar-refractivity contribution in [1.29, 1.82) is 0 Å². The number of carbonyl (C=O) groups excluding carboxylic acids is 1. The fourth-order valence-corrected chi connectivity index (χ4v) is 4.17. The quantitative estimate of drug-likeness (QED) is 0.511. The second-order valence-corrected chi connectivity index (χ2v) is 8.23. The van der Waals surface area contributed by atoms with Gasteiger partial charge in [-0.15, -0.1) is 0 Å². The number of hydrogen-bond donors (Lipinski definition) is 1. The van der Waals surface area contributed by atoms with Gasteiger partial charge in [-0.25, -0.2) is 0 Å². The van der Waals surface area contributed by atoms with E-state index in [1.807, 2.05) is 30.3 Å². The number of halogens is 5. The number of nitrogens with one attached hydrogen (secondary N) is 1.